The smallest absolute Gasteiger partial charge is 0.324 e. The minimum absolute atomic E-state index is 0.136. The van der Waals surface area contributed by atoms with Gasteiger partial charge in [0.15, 0.2) is 11.7 Å². The van der Waals surface area contributed by atoms with Gasteiger partial charge >= 0.3 is 5.97 Å². The molecule has 3 aromatic rings. The van der Waals surface area contributed by atoms with Crippen LogP contribution in [0.25, 0.3) is 10.2 Å². The zero-order valence-electron chi connectivity index (χ0n) is 18.4. The van der Waals surface area contributed by atoms with Crippen molar-refractivity contribution in [1.29, 1.82) is 0 Å². The largest absolute Gasteiger partial charge is 0.454 e. The summed E-state index contributed by atoms with van der Waals surface area (Å²) in [5.74, 6) is -1.12. The van der Waals surface area contributed by atoms with Crippen molar-refractivity contribution in [3.63, 3.8) is 0 Å². The first-order valence-corrected chi connectivity index (χ1v) is 13.0. The Labute approximate surface area is 196 Å². The predicted molar refractivity (Wildman–Crippen MR) is 127 cm³/mol. The van der Waals surface area contributed by atoms with Gasteiger partial charge in [0.25, 0.3) is 5.91 Å². The number of aryl methyl sites for hydroxylation is 1. The molecule has 1 aliphatic rings. The second-order valence-corrected chi connectivity index (χ2v) is 10.7. The summed E-state index contributed by atoms with van der Waals surface area (Å²) < 4.78 is 33.5. The normalized spacial score (nSPS) is 16.7. The summed E-state index contributed by atoms with van der Waals surface area (Å²) in [6.07, 6.45) is 0.902. The molecule has 0 spiro atoms. The Bertz CT molecular complexity index is 1240. The van der Waals surface area contributed by atoms with Gasteiger partial charge in [0.05, 0.1) is 15.1 Å². The average molecular weight is 488 g/mol. The molecular weight excluding hydrogens is 462 g/mol. The van der Waals surface area contributed by atoms with Gasteiger partial charge in [0.1, 0.15) is 6.04 Å². The molecule has 0 bridgehead atoms. The van der Waals surface area contributed by atoms with Crippen LogP contribution in [0.5, 0.6) is 0 Å². The number of amides is 1. The number of hydrogen-bond acceptors (Lipinski definition) is 7. The Morgan fingerprint density at radius 1 is 1.18 bits per heavy atom. The molecule has 2 aromatic carbocycles. The Morgan fingerprint density at radius 3 is 2.61 bits per heavy atom. The standard InChI is InChI=1S/C23H25N3O5S2/c1-3-25(23-24-18-7-4-5-9-20(18)32-23)21(27)15-31-22(28)19-8-6-14-26(19)33(29,30)17-12-10-16(2)11-13-17/h4-5,7,9-13,19H,3,6,8,14-15H2,1-2H3. The van der Waals surface area contributed by atoms with Gasteiger partial charge < -0.3 is 4.74 Å². The highest BCUT2D eigenvalue weighted by molar-refractivity contribution is 7.89. The van der Waals surface area contributed by atoms with Crippen LogP contribution < -0.4 is 4.90 Å². The molecule has 33 heavy (non-hydrogen) atoms. The van der Waals surface area contributed by atoms with Gasteiger partial charge in [-0.15, -0.1) is 0 Å². The first-order valence-electron chi connectivity index (χ1n) is 10.7. The third kappa shape index (κ3) is 4.78. The number of esters is 1. The van der Waals surface area contributed by atoms with E-state index in [1.165, 1.54) is 32.7 Å². The quantitative estimate of drug-likeness (QED) is 0.474. The lowest BCUT2D eigenvalue weighted by Gasteiger charge is -2.23. The Balaban J connectivity index is 1.43. The number of para-hydroxylation sites is 1. The van der Waals surface area contributed by atoms with Crippen molar-refractivity contribution in [3.8, 4) is 0 Å². The van der Waals surface area contributed by atoms with Crippen LogP contribution in [-0.4, -0.2) is 55.3 Å². The molecule has 174 valence electrons. The van der Waals surface area contributed by atoms with Gasteiger partial charge in [-0.25, -0.2) is 13.4 Å². The van der Waals surface area contributed by atoms with Gasteiger partial charge in [-0.1, -0.05) is 41.2 Å². The number of sulfonamides is 1. The number of fused-ring (bicyclic) bond motifs is 1. The van der Waals surface area contributed by atoms with Crippen molar-refractivity contribution in [1.82, 2.24) is 9.29 Å². The lowest BCUT2D eigenvalue weighted by Crippen LogP contribution is -2.43. The van der Waals surface area contributed by atoms with E-state index in [1.807, 2.05) is 38.1 Å². The van der Waals surface area contributed by atoms with E-state index in [0.29, 0.717) is 24.5 Å². The summed E-state index contributed by atoms with van der Waals surface area (Å²) in [6.45, 7) is 3.82. The number of carbonyl (C=O) groups excluding carboxylic acids is 2. The van der Waals surface area contributed by atoms with Gasteiger partial charge in [-0.3, -0.25) is 14.5 Å². The van der Waals surface area contributed by atoms with E-state index in [2.05, 4.69) is 4.98 Å². The highest BCUT2D eigenvalue weighted by Crippen LogP contribution is 2.29. The van der Waals surface area contributed by atoms with E-state index in [4.69, 9.17) is 4.74 Å². The lowest BCUT2D eigenvalue weighted by molar-refractivity contribution is -0.151. The minimum Gasteiger partial charge on any atom is -0.454 e. The number of likely N-dealkylation sites (N-methyl/N-ethyl adjacent to an activating group) is 1. The number of benzene rings is 2. The number of rotatable bonds is 7. The Morgan fingerprint density at radius 2 is 1.91 bits per heavy atom. The Hall–Kier alpha value is -2.82. The average Bonchev–Trinajstić information content (AvgIpc) is 3.46. The number of anilines is 1. The fraction of sp³-hybridized carbons (Fsp3) is 0.348. The molecule has 1 saturated heterocycles. The highest BCUT2D eigenvalue weighted by atomic mass is 32.2. The van der Waals surface area contributed by atoms with Crippen molar-refractivity contribution in [2.24, 2.45) is 0 Å². The van der Waals surface area contributed by atoms with E-state index in [1.54, 1.807) is 12.1 Å². The van der Waals surface area contributed by atoms with Crippen molar-refractivity contribution in [3.05, 3.63) is 54.1 Å². The maximum absolute atomic E-state index is 13.1. The van der Waals surface area contributed by atoms with Crippen LogP contribution in [-0.2, 0) is 24.3 Å². The van der Waals surface area contributed by atoms with E-state index in [9.17, 15) is 18.0 Å². The summed E-state index contributed by atoms with van der Waals surface area (Å²) >= 11 is 1.39. The number of carbonyl (C=O) groups is 2. The maximum atomic E-state index is 13.1. The lowest BCUT2D eigenvalue weighted by atomic mass is 10.2. The molecule has 1 aromatic heterocycles. The van der Waals surface area contributed by atoms with Gasteiger partial charge in [-0.2, -0.15) is 4.31 Å². The zero-order valence-corrected chi connectivity index (χ0v) is 20.1. The molecule has 0 radical (unpaired) electrons. The molecule has 1 unspecified atom stereocenters. The van der Waals surface area contributed by atoms with E-state index in [0.717, 1.165) is 15.8 Å². The summed E-state index contributed by atoms with van der Waals surface area (Å²) in [5, 5.41) is 0.532. The molecule has 1 aliphatic heterocycles. The third-order valence-electron chi connectivity index (χ3n) is 5.57. The fourth-order valence-electron chi connectivity index (χ4n) is 3.81. The molecule has 0 N–H and O–H groups in total. The van der Waals surface area contributed by atoms with Crippen LogP contribution >= 0.6 is 11.3 Å². The molecule has 1 atom stereocenters. The van der Waals surface area contributed by atoms with E-state index < -0.39 is 34.5 Å². The summed E-state index contributed by atoms with van der Waals surface area (Å²) in [4.78, 5) is 31.6. The summed E-state index contributed by atoms with van der Waals surface area (Å²) in [5.41, 5.74) is 1.74. The van der Waals surface area contributed by atoms with Crippen molar-refractivity contribution in [2.45, 2.75) is 37.6 Å². The Kier molecular flexibility index (Phi) is 6.78. The molecule has 1 amide bonds. The van der Waals surface area contributed by atoms with E-state index in [-0.39, 0.29) is 11.4 Å². The zero-order chi connectivity index (χ0) is 23.6. The highest BCUT2D eigenvalue weighted by Gasteiger charge is 2.40. The molecule has 2 heterocycles. The number of hydrogen-bond donors (Lipinski definition) is 0. The molecule has 1 fully saturated rings. The predicted octanol–water partition coefficient (Wildman–Crippen LogP) is 3.35. The number of aromatic nitrogens is 1. The van der Waals surface area contributed by atoms with Crippen LogP contribution in [0.4, 0.5) is 5.13 Å². The van der Waals surface area contributed by atoms with Crippen LogP contribution in [0.15, 0.2) is 53.4 Å². The van der Waals surface area contributed by atoms with Crippen LogP contribution in [0.3, 0.4) is 0 Å². The van der Waals surface area contributed by atoms with Crippen molar-refractivity contribution < 1.29 is 22.7 Å². The first-order chi connectivity index (χ1) is 15.8. The van der Waals surface area contributed by atoms with E-state index >= 15 is 0 Å². The van der Waals surface area contributed by atoms with Gasteiger partial charge in [0.2, 0.25) is 10.0 Å². The first kappa shape index (κ1) is 23.3. The maximum Gasteiger partial charge on any atom is 0.324 e. The van der Waals surface area contributed by atoms with Gasteiger partial charge in [-0.05, 0) is 51.0 Å². The molecule has 0 aliphatic carbocycles. The summed E-state index contributed by atoms with van der Waals surface area (Å²) in [7, 11) is -3.84. The second kappa shape index (κ2) is 9.58. The topological polar surface area (TPSA) is 96.9 Å². The number of nitrogens with zero attached hydrogens (tertiary/aromatic N) is 3. The van der Waals surface area contributed by atoms with Crippen LogP contribution in [0, 0.1) is 6.92 Å². The summed E-state index contributed by atoms with van der Waals surface area (Å²) in [6, 6.07) is 13.1. The van der Waals surface area contributed by atoms with Gasteiger partial charge in [0, 0.05) is 13.1 Å². The molecule has 10 heteroatoms. The van der Waals surface area contributed by atoms with Crippen molar-refractivity contribution >= 4 is 48.6 Å². The third-order valence-corrected chi connectivity index (χ3v) is 8.55. The number of ether oxygens (including phenoxy) is 1. The fourth-order valence-corrected chi connectivity index (χ4v) is 6.50. The molecule has 4 rings (SSSR count). The van der Waals surface area contributed by atoms with Crippen LogP contribution in [0.1, 0.15) is 25.3 Å². The molecular formula is C23H25N3O5S2. The SMILES string of the molecule is CCN(C(=O)COC(=O)C1CCCN1S(=O)(=O)c1ccc(C)cc1)c1nc2ccccc2s1. The monoisotopic (exact) mass is 487 g/mol. The second-order valence-electron chi connectivity index (χ2n) is 7.80. The number of thiazole rings is 1. The van der Waals surface area contributed by atoms with Crippen LogP contribution in [0.2, 0.25) is 0 Å². The molecule has 0 saturated carbocycles. The minimum atomic E-state index is -3.84. The van der Waals surface area contributed by atoms with Crippen molar-refractivity contribution in [2.75, 3.05) is 24.6 Å². The molecule has 8 nitrogen and oxygen atoms in total.